The number of rotatable bonds is 6. The van der Waals surface area contributed by atoms with Crippen LogP contribution in [0.4, 0.5) is 4.39 Å². The van der Waals surface area contributed by atoms with E-state index in [2.05, 4.69) is 30.9 Å². The van der Waals surface area contributed by atoms with Crippen molar-refractivity contribution in [2.75, 3.05) is 12.3 Å². The van der Waals surface area contributed by atoms with Crippen LogP contribution in [0.5, 0.6) is 0 Å². The van der Waals surface area contributed by atoms with E-state index >= 15 is 0 Å². The summed E-state index contributed by atoms with van der Waals surface area (Å²) >= 11 is 8.24. The van der Waals surface area contributed by atoms with Crippen LogP contribution in [0.2, 0.25) is 5.02 Å². The van der Waals surface area contributed by atoms with E-state index in [0.717, 1.165) is 24.9 Å². The topological polar surface area (TPSA) is 12.0 Å². The van der Waals surface area contributed by atoms with Gasteiger partial charge in [-0.3, -0.25) is 0 Å². The fraction of sp³-hybridized carbons (Fsp3) is 0.625. The summed E-state index contributed by atoms with van der Waals surface area (Å²) in [5, 5.41) is 4.21. The van der Waals surface area contributed by atoms with E-state index in [1.807, 2.05) is 6.07 Å². The number of nitrogens with one attached hydrogen (secondary N) is 1. The van der Waals surface area contributed by atoms with Crippen molar-refractivity contribution in [3.05, 3.63) is 34.6 Å². The molecule has 1 aromatic carbocycles. The molecule has 0 aliphatic carbocycles. The Labute approximate surface area is 130 Å². The number of thioether (sulfide) groups is 1. The van der Waals surface area contributed by atoms with Gasteiger partial charge in [-0.25, -0.2) is 4.39 Å². The van der Waals surface area contributed by atoms with Crippen LogP contribution in [0.15, 0.2) is 18.2 Å². The summed E-state index contributed by atoms with van der Waals surface area (Å²) in [6, 6.07) is 5.12. The van der Waals surface area contributed by atoms with Gasteiger partial charge in [0, 0.05) is 15.8 Å². The molecule has 0 saturated carbocycles. The summed E-state index contributed by atoms with van der Waals surface area (Å²) in [5.74, 6) is 0.969. The van der Waals surface area contributed by atoms with Gasteiger partial charge < -0.3 is 5.32 Å². The van der Waals surface area contributed by atoms with Crippen LogP contribution in [0, 0.1) is 5.82 Å². The highest BCUT2D eigenvalue weighted by Crippen LogP contribution is 2.41. The molecule has 1 aliphatic rings. The van der Waals surface area contributed by atoms with E-state index < -0.39 is 0 Å². The van der Waals surface area contributed by atoms with E-state index in [1.165, 1.54) is 30.7 Å². The molecule has 1 heterocycles. The molecule has 0 aromatic heterocycles. The van der Waals surface area contributed by atoms with E-state index in [0.29, 0.717) is 11.1 Å². The molecule has 1 nitrogen and oxygen atoms in total. The lowest BCUT2D eigenvalue weighted by Gasteiger charge is -2.34. The Morgan fingerprint density at radius 2 is 2.30 bits per heavy atom. The predicted molar refractivity (Wildman–Crippen MR) is 87.3 cm³/mol. The van der Waals surface area contributed by atoms with Crippen molar-refractivity contribution < 1.29 is 4.39 Å². The first-order chi connectivity index (χ1) is 9.55. The SMILES string of the molecule is CCCNC(Cc1ccc(F)cc1Cl)C1(C)CCCS1. The Kier molecular flexibility index (Phi) is 5.76. The molecule has 1 N–H and O–H groups in total. The van der Waals surface area contributed by atoms with E-state index in [9.17, 15) is 4.39 Å². The molecule has 1 aliphatic heterocycles. The van der Waals surface area contributed by atoms with Crippen molar-refractivity contribution in [2.45, 2.75) is 50.3 Å². The lowest BCUT2D eigenvalue weighted by molar-refractivity contribution is 0.399. The first kappa shape index (κ1) is 16.1. The lowest BCUT2D eigenvalue weighted by atomic mass is 9.90. The maximum absolute atomic E-state index is 13.2. The third-order valence-corrected chi connectivity index (χ3v) is 6.06. The summed E-state index contributed by atoms with van der Waals surface area (Å²) < 4.78 is 13.4. The molecule has 1 fully saturated rings. The van der Waals surface area contributed by atoms with Gasteiger partial charge in [0.2, 0.25) is 0 Å². The zero-order chi connectivity index (χ0) is 14.6. The van der Waals surface area contributed by atoms with E-state index in [1.54, 1.807) is 0 Å². The Morgan fingerprint density at radius 3 is 2.90 bits per heavy atom. The van der Waals surface area contributed by atoms with Crippen molar-refractivity contribution in [3.63, 3.8) is 0 Å². The molecule has 0 amide bonds. The van der Waals surface area contributed by atoms with Gasteiger partial charge >= 0.3 is 0 Å². The minimum atomic E-state index is -0.265. The average molecular weight is 316 g/mol. The molecule has 1 saturated heterocycles. The van der Waals surface area contributed by atoms with Crippen molar-refractivity contribution in [1.29, 1.82) is 0 Å². The van der Waals surface area contributed by atoms with Gasteiger partial charge in [-0.2, -0.15) is 11.8 Å². The summed E-state index contributed by atoms with van der Waals surface area (Å²) in [6.07, 6.45) is 4.50. The number of hydrogen-bond acceptors (Lipinski definition) is 2. The van der Waals surface area contributed by atoms with Gasteiger partial charge in [-0.15, -0.1) is 0 Å². The molecule has 2 atom stereocenters. The van der Waals surface area contributed by atoms with Crippen molar-refractivity contribution in [1.82, 2.24) is 5.32 Å². The second kappa shape index (κ2) is 7.15. The third-order valence-electron chi connectivity index (χ3n) is 4.07. The number of hydrogen-bond donors (Lipinski definition) is 1. The minimum Gasteiger partial charge on any atom is -0.312 e. The molecule has 2 rings (SSSR count). The molecule has 0 spiro atoms. The molecule has 0 radical (unpaired) electrons. The molecular formula is C16H23ClFNS. The molecule has 112 valence electrons. The summed E-state index contributed by atoms with van der Waals surface area (Å²) in [7, 11) is 0. The molecule has 20 heavy (non-hydrogen) atoms. The van der Waals surface area contributed by atoms with Crippen LogP contribution in [0.25, 0.3) is 0 Å². The summed E-state index contributed by atoms with van der Waals surface area (Å²) in [5.41, 5.74) is 1.04. The van der Waals surface area contributed by atoms with Gasteiger partial charge in [-0.1, -0.05) is 24.6 Å². The maximum Gasteiger partial charge on any atom is 0.124 e. The lowest BCUT2D eigenvalue weighted by Crippen LogP contribution is -2.47. The monoisotopic (exact) mass is 315 g/mol. The van der Waals surface area contributed by atoms with Gasteiger partial charge in [0.25, 0.3) is 0 Å². The molecule has 4 heteroatoms. The number of benzene rings is 1. The normalized spacial score (nSPS) is 24.0. The third kappa shape index (κ3) is 3.90. The van der Waals surface area contributed by atoms with Gasteiger partial charge in [-0.05, 0) is 62.6 Å². The van der Waals surface area contributed by atoms with Crippen molar-refractivity contribution in [3.8, 4) is 0 Å². The van der Waals surface area contributed by atoms with Gasteiger partial charge in [0.15, 0.2) is 0 Å². The first-order valence-electron chi connectivity index (χ1n) is 7.36. The quantitative estimate of drug-likeness (QED) is 0.818. The maximum atomic E-state index is 13.2. The fourth-order valence-corrected chi connectivity index (χ4v) is 4.46. The Balaban J connectivity index is 2.14. The van der Waals surface area contributed by atoms with Crippen LogP contribution < -0.4 is 5.32 Å². The highest BCUT2D eigenvalue weighted by Gasteiger charge is 2.37. The second-order valence-electron chi connectivity index (χ2n) is 5.71. The zero-order valence-electron chi connectivity index (χ0n) is 12.2. The highest BCUT2D eigenvalue weighted by molar-refractivity contribution is 8.00. The highest BCUT2D eigenvalue weighted by atomic mass is 35.5. The predicted octanol–water partition coefficient (Wildman–Crippen LogP) is 4.68. The van der Waals surface area contributed by atoms with Crippen LogP contribution in [-0.2, 0) is 6.42 Å². The summed E-state index contributed by atoms with van der Waals surface area (Å²) in [4.78, 5) is 0. The van der Waals surface area contributed by atoms with Gasteiger partial charge in [0.05, 0.1) is 0 Å². The smallest absolute Gasteiger partial charge is 0.124 e. The molecule has 0 bridgehead atoms. The largest absolute Gasteiger partial charge is 0.312 e. The van der Waals surface area contributed by atoms with E-state index in [4.69, 9.17) is 11.6 Å². The Hall–Kier alpha value is -0.250. The zero-order valence-corrected chi connectivity index (χ0v) is 13.8. The van der Waals surface area contributed by atoms with Crippen molar-refractivity contribution in [2.24, 2.45) is 0 Å². The molecular weight excluding hydrogens is 293 g/mol. The Bertz CT molecular complexity index is 446. The van der Waals surface area contributed by atoms with Gasteiger partial charge in [0.1, 0.15) is 5.82 Å². The second-order valence-corrected chi connectivity index (χ2v) is 7.75. The van der Waals surface area contributed by atoms with E-state index in [-0.39, 0.29) is 10.6 Å². The first-order valence-corrected chi connectivity index (χ1v) is 8.73. The molecule has 1 aromatic rings. The minimum absolute atomic E-state index is 0.257. The Morgan fingerprint density at radius 1 is 1.50 bits per heavy atom. The van der Waals surface area contributed by atoms with Crippen LogP contribution >= 0.6 is 23.4 Å². The summed E-state index contributed by atoms with van der Waals surface area (Å²) in [6.45, 7) is 5.54. The van der Waals surface area contributed by atoms with Crippen molar-refractivity contribution >= 4 is 23.4 Å². The standard InChI is InChI=1S/C16H23ClFNS/c1-3-8-19-15(16(2)7-4-9-20-16)10-12-5-6-13(18)11-14(12)17/h5-6,11,15,19H,3-4,7-10H2,1-2H3. The van der Waals surface area contributed by atoms with Crippen LogP contribution in [0.1, 0.15) is 38.7 Å². The van der Waals surface area contributed by atoms with Crippen LogP contribution in [-0.4, -0.2) is 23.1 Å². The fourth-order valence-electron chi connectivity index (χ4n) is 2.81. The van der Waals surface area contributed by atoms with Crippen LogP contribution in [0.3, 0.4) is 0 Å². The molecule has 2 unspecified atom stereocenters. The average Bonchev–Trinajstić information content (AvgIpc) is 2.84. The number of halogens is 2.